The van der Waals surface area contributed by atoms with Gasteiger partial charge in [-0.3, -0.25) is 15.0 Å². The molecule has 0 unspecified atom stereocenters. The molecule has 2 atom stereocenters. The number of piperazine rings is 1. The third-order valence-corrected chi connectivity index (χ3v) is 7.41. The van der Waals surface area contributed by atoms with Gasteiger partial charge in [0.25, 0.3) is 5.69 Å². The van der Waals surface area contributed by atoms with Crippen LogP contribution in [0.15, 0.2) is 29.2 Å². The van der Waals surface area contributed by atoms with Crippen LogP contribution in [0.25, 0.3) is 0 Å². The summed E-state index contributed by atoms with van der Waals surface area (Å²) in [6.07, 6.45) is 5.02. The second kappa shape index (κ2) is 7.39. The molecule has 0 amide bonds. The molecule has 2 aliphatic rings. The average molecular weight is 367 g/mol. The van der Waals surface area contributed by atoms with E-state index in [1.54, 1.807) is 0 Å². The second-order valence-corrected chi connectivity index (χ2v) is 8.96. The fourth-order valence-corrected chi connectivity index (χ4v) is 5.43. The Hall–Kier alpha value is -1.51. The molecule has 1 aromatic rings. The van der Waals surface area contributed by atoms with Gasteiger partial charge in [0.2, 0.25) is 10.0 Å². The molecule has 3 rings (SSSR count). The molecule has 1 aromatic carbocycles. The van der Waals surface area contributed by atoms with E-state index in [4.69, 9.17) is 0 Å². The maximum Gasteiger partial charge on any atom is 0.269 e. The number of non-ortho nitro benzene ring substituents is 1. The van der Waals surface area contributed by atoms with Crippen LogP contribution >= 0.6 is 0 Å². The molecule has 8 heteroatoms. The van der Waals surface area contributed by atoms with Crippen molar-refractivity contribution >= 4 is 15.7 Å². The SMILES string of the molecule is C[C@H]1CCCC[C@H]1N1CCN(S(=O)(=O)c2ccc([N+](=O)[O-])cc2)CC1. The molecule has 0 spiro atoms. The quantitative estimate of drug-likeness (QED) is 0.603. The van der Waals surface area contributed by atoms with E-state index < -0.39 is 14.9 Å². The summed E-state index contributed by atoms with van der Waals surface area (Å²) in [4.78, 5) is 12.7. The second-order valence-electron chi connectivity index (χ2n) is 7.02. The van der Waals surface area contributed by atoms with Gasteiger partial charge in [0, 0.05) is 44.4 Å². The molecule has 0 aromatic heterocycles. The lowest BCUT2D eigenvalue weighted by atomic mass is 9.84. The molecule has 1 saturated carbocycles. The zero-order chi connectivity index (χ0) is 18.0. The van der Waals surface area contributed by atoms with E-state index in [9.17, 15) is 18.5 Å². The standard InChI is InChI=1S/C17H25N3O4S/c1-14-4-2-3-5-17(14)18-10-12-19(13-11-18)25(23,24)16-8-6-15(7-9-16)20(21)22/h6-9,14,17H,2-5,10-13H2,1H3/t14-,17+/m0/s1. The summed E-state index contributed by atoms with van der Waals surface area (Å²) in [5, 5.41) is 10.7. The molecular formula is C17H25N3O4S. The lowest BCUT2D eigenvalue weighted by Crippen LogP contribution is -2.53. The van der Waals surface area contributed by atoms with Gasteiger partial charge in [-0.15, -0.1) is 0 Å². The summed E-state index contributed by atoms with van der Waals surface area (Å²) in [5.74, 6) is 0.673. The van der Waals surface area contributed by atoms with Crippen molar-refractivity contribution in [1.29, 1.82) is 0 Å². The summed E-state index contributed by atoms with van der Waals surface area (Å²) in [6, 6.07) is 5.70. The Morgan fingerprint density at radius 1 is 1.04 bits per heavy atom. The summed E-state index contributed by atoms with van der Waals surface area (Å²) in [6.45, 7) is 4.75. The van der Waals surface area contributed by atoms with E-state index in [0.29, 0.717) is 25.0 Å². The van der Waals surface area contributed by atoms with Gasteiger partial charge < -0.3 is 0 Å². The van der Waals surface area contributed by atoms with Gasteiger partial charge in [0.05, 0.1) is 9.82 Å². The predicted molar refractivity (Wildman–Crippen MR) is 94.8 cm³/mol. The third kappa shape index (κ3) is 3.86. The van der Waals surface area contributed by atoms with E-state index in [0.717, 1.165) is 13.1 Å². The summed E-state index contributed by atoms with van der Waals surface area (Å²) in [5.41, 5.74) is -0.102. The van der Waals surface area contributed by atoms with E-state index in [1.807, 2.05) is 0 Å². The van der Waals surface area contributed by atoms with E-state index in [1.165, 1.54) is 54.3 Å². The molecule has 0 radical (unpaired) electrons. The smallest absolute Gasteiger partial charge is 0.269 e. The number of hydrogen-bond acceptors (Lipinski definition) is 5. The number of nitro groups is 1. The molecule has 138 valence electrons. The number of nitrogens with zero attached hydrogens (tertiary/aromatic N) is 3. The lowest BCUT2D eigenvalue weighted by molar-refractivity contribution is -0.384. The van der Waals surface area contributed by atoms with Crippen molar-refractivity contribution in [2.75, 3.05) is 26.2 Å². The molecule has 1 aliphatic carbocycles. The topological polar surface area (TPSA) is 83.8 Å². The molecule has 7 nitrogen and oxygen atoms in total. The Balaban J connectivity index is 1.66. The van der Waals surface area contributed by atoms with Crippen LogP contribution in [-0.4, -0.2) is 54.8 Å². The molecule has 25 heavy (non-hydrogen) atoms. The Labute approximate surface area is 148 Å². The van der Waals surface area contributed by atoms with Crippen LogP contribution < -0.4 is 0 Å². The van der Waals surface area contributed by atoms with Crippen molar-refractivity contribution in [2.24, 2.45) is 5.92 Å². The number of benzene rings is 1. The monoisotopic (exact) mass is 367 g/mol. The Bertz CT molecular complexity index is 712. The normalized spacial score (nSPS) is 26.4. The first-order chi connectivity index (χ1) is 11.9. The average Bonchev–Trinajstić information content (AvgIpc) is 2.62. The van der Waals surface area contributed by atoms with E-state index in [2.05, 4.69) is 11.8 Å². The number of nitro benzene ring substituents is 1. The van der Waals surface area contributed by atoms with E-state index >= 15 is 0 Å². The zero-order valence-corrected chi connectivity index (χ0v) is 15.3. The van der Waals surface area contributed by atoms with E-state index in [-0.39, 0.29) is 10.6 Å². The highest BCUT2D eigenvalue weighted by molar-refractivity contribution is 7.89. The zero-order valence-electron chi connectivity index (χ0n) is 14.5. The van der Waals surface area contributed by atoms with Crippen molar-refractivity contribution in [3.8, 4) is 0 Å². The highest BCUT2D eigenvalue weighted by atomic mass is 32.2. The van der Waals surface area contributed by atoms with Crippen molar-refractivity contribution in [3.05, 3.63) is 34.4 Å². The van der Waals surface area contributed by atoms with Crippen molar-refractivity contribution < 1.29 is 13.3 Å². The molecular weight excluding hydrogens is 342 g/mol. The minimum absolute atomic E-state index is 0.102. The summed E-state index contributed by atoms with van der Waals surface area (Å²) in [7, 11) is -3.59. The molecule has 0 bridgehead atoms. The Kier molecular flexibility index (Phi) is 5.41. The molecule has 1 aliphatic heterocycles. The van der Waals surface area contributed by atoms with Crippen LogP contribution in [0, 0.1) is 16.0 Å². The van der Waals surface area contributed by atoms with Crippen LogP contribution in [0.3, 0.4) is 0 Å². The lowest BCUT2D eigenvalue weighted by Gasteiger charge is -2.43. The molecule has 1 heterocycles. The van der Waals surface area contributed by atoms with Gasteiger partial charge in [0.1, 0.15) is 0 Å². The van der Waals surface area contributed by atoms with Crippen LogP contribution in [0.5, 0.6) is 0 Å². The largest absolute Gasteiger partial charge is 0.298 e. The van der Waals surface area contributed by atoms with Crippen LogP contribution in [0.1, 0.15) is 32.6 Å². The van der Waals surface area contributed by atoms with Gasteiger partial charge in [-0.25, -0.2) is 8.42 Å². The minimum Gasteiger partial charge on any atom is -0.298 e. The van der Waals surface area contributed by atoms with Gasteiger partial charge in [-0.1, -0.05) is 19.8 Å². The highest BCUT2D eigenvalue weighted by Crippen LogP contribution is 2.29. The Morgan fingerprint density at radius 3 is 2.20 bits per heavy atom. The van der Waals surface area contributed by atoms with Crippen molar-refractivity contribution in [1.82, 2.24) is 9.21 Å². The maximum absolute atomic E-state index is 12.8. The summed E-state index contributed by atoms with van der Waals surface area (Å²) >= 11 is 0. The molecule has 1 saturated heterocycles. The third-order valence-electron chi connectivity index (χ3n) is 5.49. The molecule has 2 fully saturated rings. The van der Waals surface area contributed by atoms with Gasteiger partial charge in [-0.05, 0) is 30.9 Å². The van der Waals surface area contributed by atoms with Crippen molar-refractivity contribution in [3.63, 3.8) is 0 Å². The first-order valence-electron chi connectivity index (χ1n) is 8.88. The predicted octanol–water partition coefficient (Wildman–Crippen LogP) is 2.48. The van der Waals surface area contributed by atoms with Crippen LogP contribution in [0.2, 0.25) is 0 Å². The Morgan fingerprint density at radius 2 is 1.64 bits per heavy atom. The number of sulfonamides is 1. The first kappa shape index (κ1) is 18.3. The minimum atomic E-state index is -3.59. The van der Waals surface area contributed by atoms with Gasteiger partial charge in [0.15, 0.2) is 0 Å². The molecule has 0 N–H and O–H groups in total. The summed E-state index contributed by atoms with van der Waals surface area (Å²) < 4.78 is 27.0. The first-order valence-corrected chi connectivity index (χ1v) is 10.3. The van der Waals surface area contributed by atoms with Gasteiger partial charge in [-0.2, -0.15) is 4.31 Å². The fourth-order valence-electron chi connectivity index (χ4n) is 4.00. The maximum atomic E-state index is 12.8. The number of rotatable bonds is 4. The fraction of sp³-hybridized carbons (Fsp3) is 0.647. The number of hydrogen-bond donors (Lipinski definition) is 0. The van der Waals surface area contributed by atoms with Crippen LogP contribution in [0.4, 0.5) is 5.69 Å². The highest BCUT2D eigenvalue weighted by Gasteiger charge is 2.33. The van der Waals surface area contributed by atoms with Gasteiger partial charge >= 0.3 is 0 Å². The van der Waals surface area contributed by atoms with Crippen LogP contribution in [-0.2, 0) is 10.0 Å². The van der Waals surface area contributed by atoms with Crippen molar-refractivity contribution in [2.45, 2.75) is 43.5 Å².